The topological polar surface area (TPSA) is 81.1 Å². The van der Waals surface area contributed by atoms with Crippen molar-refractivity contribution in [3.8, 4) is 0 Å². The van der Waals surface area contributed by atoms with E-state index in [1.54, 1.807) is 24.3 Å². The van der Waals surface area contributed by atoms with E-state index in [0.29, 0.717) is 12.2 Å². The summed E-state index contributed by atoms with van der Waals surface area (Å²) < 4.78 is 0.916. The molecule has 3 heterocycles. The molecule has 0 aliphatic carbocycles. The zero-order valence-corrected chi connectivity index (χ0v) is 11.9. The number of rotatable bonds is 4. The molecule has 4 rings (SSSR count). The van der Waals surface area contributed by atoms with Crippen LogP contribution in [0.2, 0.25) is 0 Å². The minimum atomic E-state index is 0.0573. The minimum absolute atomic E-state index is 0.0573. The molecule has 2 bridgehead atoms. The van der Waals surface area contributed by atoms with Crippen molar-refractivity contribution in [2.24, 2.45) is 5.11 Å². The zero-order valence-electron chi connectivity index (χ0n) is 11.9. The molecule has 21 heavy (non-hydrogen) atoms. The molecule has 0 atom stereocenters. The van der Waals surface area contributed by atoms with Crippen molar-refractivity contribution in [3.63, 3.8) is 0 Å². The molecule has 1 aromatic carbocycles. The first-order chi connectivity index (χ1) is 10.2. The van der Waals surface area contributed by atoms with Gasteiger partial charge in [0.05, 0.1) is 19.6 Å². The van der Waals surface area contributed by atoms with Gasteiger partial charge in [0.15, 0.2) is 6.54 Å². The number of hydrogen-bond acceptors (Lipinski definition) is 3. The zero-order chi connectivity index (χ0) is 14.7. The molecule has 3 aliphatic rings. The van der Waals surface area contributed by atoms with Crippen molar-refractivity contribution >= 4 is 17.3 Å². The molecule has 3 fully saturated rings. The summed E-state index contributed by atoms with van der Waals surface area (Å²) in [7, 11) is 0. The molecular formula is C14H19N6O+. The summed E-state index contributed by atoms with van der Waals surface area (Å²) in [5, 5.41) is 6.44. The number of nitrogens with zero attached hydrogens (tertiary/aromatic N) is 5. The highest BCUT2D eigenvalue weighted by Gasteiger charge is 2.39. The summed E-state index contributed by atoms with van der Waals surface area (Å²) in [5.41, 5.74) is 9.65. The average molecular weight is 287 g/mol. The predicted octanol–water partition coefficient (Wildman–Crippen LogP) is 1.71. The van der Waals surface area contributed by atoms with E-state index in [0.717, 1.165) is 49.4 Å². The fourth-order valence-electron chi connectivity index (χ4n) is 3.14. The summed E-state index contributed by atoms with van der Waals surface area (Å²) >= 11 is 0. The van der Waals surface area contributed by atoms with Crippen molar-refractivity contribution in [2.45, 2.75) is 0 Å². The molecule has 110 valence electrons. The Morgan fingerprint density at radius 1 is 1.24 bits per heavy atom. The summed E-state index contributed by atoms with van der Waals surface area (Å²) in [6, 6.07) is 6.91. The van der Waals surface area contributed by atoms with E-state index >= 15 is 0 Å². The number of benzene rings is 1. The number of nitrogens with one attached hydrogen (secondary N) is 1. The lowest BCUT2D eigenvalue weighted by molar-refractivity contribution is -0.933. The average Bonchev–Trinajstić information content (AvgIpc) is 2.51. The number of amides is 1. The quantitative estimate of drug-likeness (QED) is 0.396. The Balaban J connectivity index is 1.59. The third-order valence-electron chi connectivity index (χ3n) is 4.46. The molecule has 3 aliphatic heterocycles. The van der Waals surface area contributed by atoms with Gasteiger partial charge < -0.3 is 9.80 Å². The van der Waals surface area contributed by atoms with Gasteiger partial charge in [-0.2, -0.15) is 0 Å². The molecule has 7 heteroatoms. The maximum absolute atomic E-state index is 12.3. The van der Waals surface area contributed by atoms with Crippen molar-refractivity contribution in [3.05, 3.63) is 34.7 Å². The molecule has 1 aromatic rings. The number of carbonyl (C=O) groups excluding carboxylic acids is 1. The third kappa shape index (κ3) is 3.16. The molecule has 0 radical (unpaired) electrons. The largest absolute Gasteiger partial charge is 0.321 e. The van der Waals surface area contributed by atoms with Gasteiger partial charge in [-0.15, -0.1) is 0 Å². The molecule has 0 unspecified atom stereocenters. The first kappa shape index (κ1) is 13.9. The molecule has 0 aromatic heterocycles. The molecule has 0 spiro atoms. The molecule has 7 nitrogen and oxygen atoms in total. The highest BCUT2D eigenvalue weighted by Crippen LogP contribution is 2.20. The van der Waals surface area contributed by atoms with Gasteiger partial charge in [0, 0.05) is 35.9 Å². The smallest absolute Gasteiger partial charge is 0.279 e. The standard InChI is InChI=1S/C14H18N6O/c15-18-17-13-3-1-12(2-4-13)16-14(21)11-20-8-5-19(6-9-20)7-10-20/h1-4H,5-11H2/p+1. The molecule has 0 saturated carbocycles. The highest BCUT2D eigenvalue weighted by atomic mass is 16.2. The fourth-order valence-corrected chi connectivity index (χ4v) is 3.14. The first-order valence-corrected chi connectivity index (χ1v) is 7.22. The molecule has 3 saturated heterocycles. The Bertz CT molecular complexity index is 556. The normalized spacial score (nSPS) is 27.0. The Labute approximate surface area is 123 Å². The Morgan fingerprint density at radius 3 is 2.43 bits per heavy atom. The van der Waals surface area contributed by atoms with Gasteiger partial charge in [-0.05, 0) is 17.7 Å². The van der Waals surface area contributed by atoms with Crippen molar-refractivity contribution in [2.75, 3.05) is 51.1 Å². The maximum atomic E-state index is 12.3. The van der Waals surface area contributed by atoms with Crippen LogP contribution in [0.3, 0.4) is 0 Å². The monoisotopic (exact) mass is 287 g/mol. The van der Waals surface area contributed by atoms with Crippen LogP contribution in [0.4, 0.5) is 11.4 Å². The second kappa shape index (κ2) is 5.73. The van der Waals surface area contributed by atoms with Crippen molar-refractivity contribution in [1.82, 2.24) is 4.90 Å². The number of piperazine rings is 3. The molecular weight excluding hydrogens is 268 g/mol. The van der Waals surface area contributed by atoms with Gasteiger partial charge in [-0.25, -0.2) is 0 Å². The summed E-state index contributed by atoms with van der Waals surface area (Å²) in [4.78, 5) is 17.4. The first-order valence-electron chi connectivity index (χ1n) is 7.22. The summed E-state index contributed by atoms with van der Waals surface area (Å²) in [6.45, 7) is 7.08. The van der Waals surface area contributed by atoms with Gasteiger partial charge in [0.25, 0.3) is 5.91 Å². The highest BCUT2D eigenvalue weighted by molar-refractivity contribution is 5.91. The number of azide groups is 1. The third-order valence-corrected chi connectivity index (χ3v) is 4.46. The van der Waals surface area contributed by atoms with Crippen LogP contribution in [-0.4, -0.2) is 61.1 Å². The number of anilines is 1. The van der Waals surface area contributed by atoms with Crippen LogP contribution in [0.1, 0.15) is 0 Å². The molecule has 1 N–H and O–H groups in total. The van der Waals surface area contributed by atoms with E-state index in [2.05, 4.69) is 20.2 Å². The molecule has 1 amide bonds. The van der Waals surface area contributed by atoms with Crippen LogP contribution < -0.4 is 5.32 Å². The van der Waals surface area contributed by atoms with E-state index in [9.17, 15) is 4.79 Å². The second-order valence-corrected chi connectivity index (χ2v) is 5.80. The number of fused-ring (bicyclic) bond motifs is 3. The van der Waals surface area contributed by atoms with E-state index < -0.39 is 0 Å². The Hall–Kier alpha value is -2.08. The van der Waals surface area contributed by atoms with Crippen molar-refractivity contribution in [1.29, 1.82) is 0 Å². The van der Waals surface area contributed by atoms with Crippen molar-refractivity contribution < 1.29 is 9.28 Å². The number of carbonyl (C=O) groups is 1. The van der Waals surface area contributed by atoms with Gasteiger partial charge in [-0.3, -0.25) is 9.69 Å². The number of quaternary nitrogens is 1. The minimum Gasteiger partial charge on any atom is -0.321 e. The second-order valence-electron chi connectivity index (χ2n) is 5.80. The van der Waals surface area contributed by atoms with Gasteiger partial charge in [0.1, 0.15) is 0 Å². The predicted molar refractivity (Wildman–Crippen MR) is 80.0 cm³/mol. The van der Waals surface area contributed by atoms with Crippen LogP contribution >= 0.6 is 0 Å². The van der Waals surface area contributed by atoms with E-state index in [1.807, 2.05) is 0 Å². The lowest BCUT2D eigenvalue weighted by atomic mass is 10.1. The van der Waals surface area contributed by atoms with Gasteiger partial charge in [-0.1, -0.05) is 17.2 Å². The van der Waals surface area contributed by atoms with Gasteiger partial charge in [0.2, 0.25) is 0 Å². The summed E-state index contributed by atoms with van der Waals surface area (Å²) in [6.07, 6.45) is 0. The Kier molecular flexibility index (Phi) is 3.79. The van der Waals surface area contributed by atoms with Gasteiger partial charge >= 0.3 is 0 Å². The van der Waals surface area contributed by atoms with E-state index in [1.165, 1.54) is 0 Å². The number of hydrogen-bond donors (Lipinski definition) is 1. The lowest BCUT2D eigenvalue weighted by Gasteiger charge is -2.50. The van der Waals surface area contributed by atoms with E-state index in [4.69, 9.17) is 5.53 Å². The fraction of sp³-hybridized carbons (Fsp3) is 0.500. The summed E-state index contributed by atoms with van der Waals surface area (Å²) in [5.74, 6) is 0.0573. The Morgan fingerprint density at radius 2 is 1.86 bits per heavy atom. The SMILES string of the molecule is [N-]=[N+]=Nc1ccc(NC(=O)C[N+]23CCN(CC2)CC3)cc1. The lowest BCUT2D eigenvalue weighted by Crippen LogP contribution is -2.68. The van der Waals surface area contributed by atoms with Crippen LogP contribution in [0.5, 0.6) is 0 Å². The maximum Gasteiger partial charge on any atom is 0.279 e. The van der Waals surface area contributed by atoms with Crippen LogP contribution in [-0.2, 0) is 4.79 Å². The van der Waals surface area contributed by atoms with Crippen LogP contribution in [0, 0.1) is 0 Å². The van der Waals surface area contributed by atoms with Crippen LogP contribution in [0.15, 0.2) is 29.4 Å². The van der Waals surface area contributed by atoms with Crippen LogP contribution in [0.25, 0.3) is 10.4 Å². The van der Waals surface area contributed by atoms with E-state index in [-0.39, 0.29) is 5.91 Å².